The van der Waals surface area contributed by atoms with Crippen molar-refractivity contribution in [3.8, 4) is 11.5 Å². The van der Waals surface area contributed by atoms with E-state index in [-0.39, 0.29) is 16.9 Å². The second-order valence-electron chi connectivity index (χ2n) is 6.96. The molecule has 0 saturated heterocycles. The Morgan fingerprint density at radius 3 is 2.26 bits per heavy atom. The van der Waals surface area contributed by atoms with Crippen molar-refractivity contribution >= 4 is 40.7 Å². The van der Waals surface area contributed by atoms with Gasteiger partial charge >= 0.3 is 12.0 Å². The molecule has 0 spiro atoms. The van der Waals surface area contributed by atoms with Crippen molar-refractivity contribution in [2.45, 2.75) is 13.8 Å². The van der Waals surface area contributed by atoms with Gasteiger partial charge in [0, 0.05) is 17.3 Å². The van der Waals surface area contributed by atoms with Gasteiger partial charge < -0.3 is 19.5 Å². The Kier molecular flexibility index (Phi) is 8.96. The zero-order valence-corrected chi connectivity index (χ0v) is 20.0. The summed E-state index contributed by atoms with van der Waals surface area (Å²) in [5.74, 6) is -1.04. The molecule has 1 heterocycles. The molecule has 0 unspecified atom stereocenters. The molecule has 182 valence electrons. The van der Waals surface area contributed by atoms with E-state index in [1.807, 2.05) is 13.8 Å². The summed E-state index contributed by atoms with van der Waals surface area (Å²) in [5.41, 5.74) is 0.569. The summed E-state index contributed by atoms with van der Waals surface area (Å²) >= 11 is 1.25. The standard InChI is InChI=1S/C25H24N2O7S/c1-3-32-19-12-11-16(14-20(19)33-4-2)26-25(31)27-22(28)15-34-24(30)18-9-6-5-8-17(18)23(29)21-10-7-13-35-21/h5-14H,3-4,15H2,1-2H3,(H2,26,27,28,31). The Balaban J connectivity index is 1.56. The van der Waals surface area contributed by atoms with Gasteiger partial charge in [0.1, 0.15) is 0 Å². The van der Waals surface area contributed by atoms with Crippen molar-refractivity contribution < 1.29 is 33.4 Å². The highest BCUT2D eigenvalue weighted by atomic mass is 32.1. The average Bonchev–Trinajstić information content (AvgIpc) is 3.39. The molecular weight excluding hydrogens is 472 g/mol. The molecule has 0 radical (unpaired) electrons. The molecule has 2 N–H and O–H groups in total. The topological polar surface area (TPSA) is 120 Å². The highest BCUT2D eigenvalue weighted by molar-refractivity contribution is 7.12. The molecule has 3 amide bonds. The maximum Gasteiger partial charge on any atom is 0.339 e. The van der Waals surface area contributed by atoms with E-state index < -0.39 is 24.5 Å². The lowest BCUT2D eigenvalue weighted by molar-refractivity contribution is -0.123. The van der Waals surface area contributed by atoms with Gasteiger partial charge in [-0.05, 0) is 43.5 Å². The van der Waals surface area contributed by atoms with Gasteiger partial charge in [-0.1, -0.05) is 24.3 Å². The van der Waals surface area contributed by atoms with Crippen molar-refractivity contribution in [1.82, 2.24) is 5.32 Å². The third-order valence-corrected chi connectivity index (χ3v) is 5.39. The normalized spacial score (nSPS) is 10.2. The van der Waals surface area contributed by atoms with Crippen molar-refractivity contribution in [3.05, 3.63) is 76.0 Å². The number of urea groups is 1. The van der Waals surface area contributed by atoms with Crippen LogP contribution < -0.4 is 20.1 Å². The zero-order chi connectivity index (χ0) is 25.2. The molecule has 9 nitrogen and oxygen atoms in total. The molecule has 0 aliphatic rings. The molecular formula is C25H24N2O7S. The number of anilines is 1. The molecule has 0 aliphatic carbocycles. The van der Waals surface area contributed by atoms with E-state index in [4.69, 9.17) is 14.2 Å². The monoisotopic (exact) mass is 496 g/mol. The fraction of sp³-hybridized carbons (Fsp3) is 0.200. The summed E-state index contributed by atoms with van der Waals surface area (Å²) in [6.07, 6.45) is 0. The molecule has 0 aliphatic heterocycles. The van der Waals surface area contributed by atoms with Gasteiger partial charge in [-0.2, -0.15) is 0 Å². The van der Waals surface area contributed by atoms with E-state index in [2.05, 4.69) is 10.6 Å². The number of ether oxygens (including phenoxy) is 3. The molecule has 0 saturated carbocycles. The van der Waals surface area contributed by atoms with Gasteiger partial charge in [-0.3, -0.25) is 14.9 Å². The quantitative estimate of drug-likeness (QED) is 0.317. The van der Waals surface area contributed by atoms with Gasteiger partial charge in [0.25, 0.3) is 5.91 Å². The largest absolute Gasteiger partial charge is 0.490 e. The van der Waals surface area contributed by atoms with Gasteiger partial charge in [-0.25, -0.2) is 9.59 Å². The van der Waals surface area contributed by atoms with Crippen LogP contribution in [-0.4, -0.2) is 43.5 Å². The van der Waals surface area contributed by atoms with Crippen LogP contribution in [0.25, 0.3) is 0 Å². The molecule has 1 aromatic heterocycles. The minimum absolute atomic E-state index is 0.0287. The van der Waals surface area contributed by atoms with E-state index in [0.717, 1.165) is 0 Å². The Bertz CT molecular complexity index is 1210. The van der Waals surface area contributed by atoms with Crippen LogP contribution in [0.5, 0.6) is 11.5 Å². The zero-order valence-electron chi connectivity index (χ0n) is 19.2. The lowest BCUT2D eigenvalue weighted by Crippen LogP contribution is -2.37. The Morgan fingerprint density at radius 1 is 0.857 bits per heavy atom. The molecule has 0 bridgehead atoms. The van der Waals surface area contributed by atoms with Crippen molar-refractivity contribution in [1.29, 1.82) is 0 Å². The number of carbonyl (C=O) groups excluding carboxylic acids is 4. The first-order valence-corrected chi connectivity index (χ1v) is 11.7. The molecule has 2 aromatic carbocycles. The number of carbonyl (C=O) groups is 4. The number of rotatable bonds is 10. The first kappa shape index (κ1) is 25.4. The molecule has 3 rings (SSSR count). The Hall–Kier alpha value is -4.18. The minimum atomic E-state index is -0.853. The summed E-state index contributed by atoms with van der Waals surface area (Å²) < 4.78 is 16.0. The van der Waals surface area contributed by atoms with Crippen LogP contribution in [0.2, 0.25) is 0 Å². The predicted octanol–water partition coefficient (Wildman–Crippen LogP) is 4.28. The number of benzene rings is 2. The fourth-order valence-electron chi connectivity index (χ4n) is 3.06. The third-order valence-electron chi connectivity index (χ3n) is 4.53. The highest BCUT2D eigenvalue weighted by Gasteiger charge is 2.21. The van der Waals surface area contributed by atoms with Gasteiger partial charge in [0.15, 0.2) is 18.1 Å². The smallest absolute Gasteiger partial charge is 0.339 e. The maximum atomic E-state index is 12.7. The lowest BCUT2D eigenvalue weighted by Gasteiger charge is -2.13. The number of thiophene rings is 1. The van der Waals surface area contributed by atoms with Crippen LogP contribution in [0.1, 0.15) is 39.4 Å². The molecule has 35 heavy (non-hydrogen) atoms. The lowest BCUT2D eigenvalue weighted by atomic mass is 10.0. The van der Waals surface area contributed by atoms with Crippen LogP contribution in [0.4, 0.5) is 10.5 Å². The SMILES string of the molecule is CCOc1ccc(NC(=O)NC(=O)COC(=O)c2ccccc2C(=O)c2cccs2)cc1OCC. The summed E-state index contributed by atoms with van der Waals surface area (Å²) in [5, 5.41) is 6.35. The van der Waals surface area contributed by atoms with Gasteiger partial charge in [0.2, 0.25) is 5.78 Å². The number of nitrogens with one attached hydrogen (secondary N) is 2. The number of amides is 3. The summed E-state index contributed by atoms with van der Waals surface area (Å²) in [6.45, 7) is 3.81. The number of ketones is 1. The molecule has 0 atom stereocenters. The van der Waals surface area contributed by atoms with E-state index >= 15 is 0 Å². The summed E-state index contributed by atoms with van der Waals surface area (Å²) in [7, 11) is 0. The van der Waals surface area contributed by atoms with Crippen molar-refractivity contribution in [2.24, 2.45) is 0 Å². The second kappa shape index (κ2) is 12.3. The van der Waals surface area contributed by atoms with Crippen molar-refractivity contribution in [2.75, 3.05) is 25.1 Å². The number of hydrogen-bond donors (Lipinski definition) is 2. The van der Waals surface area contributed by atoms with Crippen molar-refractivity contribution in [3.63, 3.8) is 0 Å². The highest BCUT2D eigenvalue weighted by Crippen LogP contribution is 2.30. The first-order chi connectivity index (χ1) is 16.9. The maximum absolute atomic E-state index is 12.7. The van der Waals surface area contributed by atoms with Crippen LogP contribution in [-0.2, 0) is 9.53 Å². The summed E-state index contributed by atoms with van der Waals surface area (Å²) in [6, 6.07) is 13.6. The van der Waals surface area contributed by atoms with Crippen LogP contribution >= 0.6 is 11.3 Å². The fourth-order valence-corrected chi connectivity index (χ4v) is 3.74. The number of hydrogen-bond acceptors (Lipinski definition) is 8. The van der Waals surface area contributed by atoms with E-state index in [9.17, 15) is 19.2 Å². The van der Waals surface area contributed by atoms with Gasteiger partial charge in [-0.15, -0.1) is 11.3 Å². The predicted molar refractivity (Wildman–Crippen MR) is 130 cm³/mol. The number of esters is 1. The Labute approximate surface area is 206 Å². The molecule has 0 fully saturated rings. The van der Waals surface area contributed by atoms with E-state index in [1.54, 1.807) is 47.8 Å². The van der Waals surface area contributed by atoms with E-state index in [1.165, 1.54) is 23.5 Å². The third kappa shape index (κ3) is 6.90. The second-order valence-corrected chi connectivity index (χ2v) is 7.91. The van der Waals surface area contributed by atoms with Crippen LogP contribution in [0, 0.1) is 0 Å². The summed E-state index contributed by atoms with van der Waals surface area (Å²) in [4.78, 5) is 50.0. The van der Waals surface area contributed by atoms with Crippen LogP contribution in [0.3, 0.4) is 0 Å². The average molecular weight is 497 g/mol. The van der Waals surface area contributed by atoms with Gasteiger partial charge in [0.05, 0.1) is 23.7 Å². The number of imide groups is 1. The molecule has 3 aromatic rings. The molecule has 10 heteroatoms. The first-order valence-electron chi connectivity index (χ1n) is 10.8. The Morgan fingerprint density at radius 2 is 1.57 bits per heavy atom. The van der Waals surface area contributed by atoms with E-state index in [0.29, 0.717) is 35.3 Å². The van der Waals surface area contributed by atoms with Crippen LogP contribution in [0.15, 0.2) is 60.0 Å². The minimum Gasteiger partial charge on any atom is -0.490 e.